The third kappa shape index (κ3) is 5.09. The van der Waals surface area contributed by atoms with E-state index in [4.69, 9.17) is 0 Å². The average molecular weight is 420 g/mol. The van der Waals surface area contributed by atoms with Gasteiger partial charge in [0.25, 0.3) is 11.6 Å². The Morgan fingerprint density at radius 1 is 1.10 bits per heavy atom. The summed E-state index contributed by atoms with van der Waals surface area (Å²) in [7, 11) is -1.97. The standard InChI is InChI=1S/C19H24N4O5S/c1-4-22(5-2)29(27,28)16-9-6-14(7-10-16)13-21-19(24)15-8-11-17(20-3)18(12-15)23(25)26/h6-12,20H,4-5,13H2,1-3H3,(H,21,24). The van der Waals surface area contributed by atoms with E-state index < -0.39 is 20.9 Å². The number of nitrogens with one attached hydrogen (secondary N) is 2. The van der Waals surface area contributed by atoms with E-state index in [-0.39, 0.29) is 22.7 Å². The molecule has 0 saturated heterocycles. The third-order valence-corrected chi connectivity index (χ3v) is 6.51. The zero-order valence-corrected chi connectivity index (χ0v) is 17.3. The Labute approximate surface area is 169 Å². The molecule has 10 heteroatoms. The molecule has 0 spiro atoms. The Morgan fingerprint density at radius 3 is 2.24 bits per heavy atom. The maximum absolute atomic E-state index is 12.5. The molecular formula is C19H24N4O5S. The number of hydrogen-bond acceptors (Lipinski definition) is 6. The van der Waals surface area contributed by atoms with Gasteiger partial charge >= 0.3 is 0 Å². The molecule has 2 aromatic rings. The maximum atomic E-state index is 12.5. The molecule has 0 aliphatic carbocycles. The van der Waals surface area contributed by atoms with Gasteiger partial charge in [-0.1, -0.05) is 26.0 Å². The molecule has 0 atom stereocenters. The van der Waals surface area contributed by atoms with Gasteiger partial charge in [0, 0.05) is 38.3 Å². The van der Waals surface area contributed by atoms with Gasteiger partial charge in [-0.25, -0.2) is 8.42 Å². The van der Waals surface area contributed by atoms with Crippen LogP contribution in [0.4, 0.5) is 11.4 Å². The fourth-order valence-electron chi connectivity index (χ4n) is 2.81. The van der Waals surface area contributed by atoms with Crippen LogP contribution in [0.2, 0.25) is 0 Å². The van der Waals surface area contributed by atoms with Gasteiger partial charge in [-0.2, -0.15) is 4.31 Å². The number of hydrogen-bond donors (Lipinski definition) is 2. The molecule has 0 bridgehead atoms. The van der Waals surface area contributed by atoms with Gasteiger partial charge in [-0.15, -0.1) is 0 Å². The minimum Gasteiger partial charge on any atom is -0.383 e. The summed E-state index contributed by atoms with van der Waals surface area (Å²) in [6.45, 7) is 4.48. The summed E-state index contributed by atoms with van der Waals surface area (Å²) < 4.78 is 26.4. The van der Waals surface area contributed by atoms with Crippen molar-refractivity contribution in [3.63, 3.8) is 0 Å². The molecule has 0 unspecified atom stereocenters. The van der Waals surface area contributed by atoms with Crippen LogP contribution in [0.1, 0.15) is 29.8 Å². The van der Waals surface area contributed by atoms with Gasteiger partial charge in [0.2, 0.25) is 10.0 Å². The molecule has 0 radical (unpaired) electrons. The van der Waals surface area contributed by atoms with E-state index in [1.807, 2.05) is 0 Å². The van der Waals surface area contributed by atoms with Gasteiger partial charge in [0.1, 0.15) is 5.69 Å². The van der Waals surface area contributed by atoms with Crippen LogP contribution in [0.15, 0.2) is 47.4 Å². The summed E-state index contributed by atoms with van der Waals surface area (Å²) in [6.07, 6.45) is 0. The number of carbonyl (C=O) groups is 1. The van der Waals surface area contributed by atoms with Crippen molar-refractivity contribution in [1.29, 1.82) is 0 Å². The molecule has 0 aliphatic rings. The molecule has 0 aliphatic heterocycles. The first kappa shape index (κ1) is 22.3. The molecule has 2 N–H and O–H groups in total. The minimum absolute atomic E-state index is 0.159. The van der Waals surface area contributed by atoms with Crippen LogP contribution >= 0.6 is 0 Å². The van der Waals surface area contributed by atoms with Crippen LogP contribution in [-0.4, -0.2) is 43.7 Å². The van der Waals surface area contributed by atoms with Crippen molar-refractivity contribution in [3.05, 3.63) is 63.7 Å². The lowest BCUT2D eigenvalue weighted by Crippen LogP contribution is -2.30. The van der Waals surface area contributed by atoms with E-state index in [9.17, 15) is 23.3 Å². The first-order chi connectivity index (χ1) is 13.7. The van der Waals surface area contributed by atoms with Crippen molar-refractivity contribution in [1.82, 2.24) is 9.62 Å². The predicted octanol–water partition coefficient (Wildman–Crippen LogP) is 2.60. The molecule has 0 heterocycles. The van der Waals surface area contributed by atoms with Crippen molar-refractivity contribution in [2.45, 2.75) is 25.3 Å². The molecule has 156 valence electrons. The zero-order chi connectivity index (χ0) is 21.6. The van der Waals surface area contributed by atoms with Crippen molar-refractivity contribution in [2.24, 2.45) is 0 Å². The lowest BCUT2D eigenvalue weighted by molar-refractivity contribution is -0.384. The highest BCUT2D eigenvalue weighted by Crippen LogP contribution is 2.25. The molecule has 1 amide bonds. The number of amides is 1. The zero-order valence-electron chi connectivity index (χ0n) is 16.5. The van der Waals surface area contributed by atoms with Crippen LogP contribution < -0.4 is 10.6 Å². The van der Waals surface area contributed by atoms with Crippen LogP contribution in [0, 0.1) is 10.1 Å². The van der Waals surface area contributed by atoms with E-state index in [1.165, 1.54) is 34.6 Å². The first-order valence-corrected chi connectivity index (χ1v) is 10.5. The van der Waals surface area contributed by atoms with Crippen molar-refractivity contribution in [3.8, 4) is 0 Å². The Balaban J connectivity index is 2.10. The van der Waals surface area contributed by atoms with Crippen LogP contribution in [0.5, 0.6) is 0 Å². The second-order valence-electron chi connectivity index (χ2n) is 6.15. The molecule has 0 aromatic heterocycles. The molecule has 0 fully saturated rings. The van der Waals surface area contributed by atoms with E-state index in [0.717, 1.165) is 0 Å². The lowest BCUT2D eigenvalue weighted by atomic mass is 10.1. The Bertz CT molecular complexity index is 986. The van der Waals surface area contributed by atoms with E-state index in [0.29, 0.717) is 24.3 Å². The number of sulfonamides is 1. The summed E-state index contributed by atoms with van der Waals surface area (Å²) in [4.78, 5) is 23.1. The molecule has 29 heavy (non-hydrogen) atoms. The van der Waals surface area contributed by atoms with Gasteiger partial charge in [0.05, 0.1) is 9.82 Å². The second-order valence-corrected chi connectivity index (χ2v) is 8.09. The monoisotopic (exact) mass is 420 g/mol. The summed E-state index contributed by atoms with van der Waals surface area (Å²) in [5, 5.41) is 16.5. The van der Waals surface area contributed by atoms with Gasteiger partial charge in [-0.3, -0.25) is 14.9 Å². The largest absolute Gasteiger partial charge is 0.383 e. The predicted molar refractivity (Wildman–Crippen MR) is 110 cm³/mol. The molecule has 0 saturated carbocycles. The Morgan fingerprint density at radius 2 is 1.72 bits per heavy atom. The quantitative estimate of drug-likeness (QED) is 0.475. The normalized spacial score (nSPS) is 11.3. The second kappa shape index (κ2) is 9.48. The summed E-state index contributed by atoms with van der Waals surface area (Å²) >= 11 is 0. The number of nitro benzene ring substituents is 1. The Kier molecular flexibility index (Phi) is 7.29. The van der Waals surface area contributed by atoms with Crippen molar-refractivity contribution >= 4 is 27.3 Å². The number of carbonyl (C=O) groups excluding carboxylic acids is 1. The Hall–Kier alpha value is -2.98. The first-order valence-electron chi connectivity index (χ1n) is 9.08. The SMILES string of the molecule is CCN(CC)S(=O)(=O)c1ccc(CNC(=O)c2ccc(NC)c([N+](=O)[O-])c2)cc1. The summed E-state index contributed by atoms with van der Waals surface area (Å²) in [6, 6.07) is 10.4. The van der Waals surface area contributed by atoms with Gasteiger partial charge < -0.3 is 10.6 Å². The lowest BCUT2D eigenvalue weighted by Gasteiger charge is -2.18. The van der Waals surface area contributed by atoms with Gasteiger partial charge in [0.15, 0.2) is 0 Å². The van der Waals surface area contributed by atoms with Crippen molar-refractivity contribution in [2.75, 3.05) is 25.5 Å². The third-order valence-electron chi connectivity index (χ3n) is 4.45. The van der Waals surface area contributed by atoms with E-state index in [1.54, 1.807) is 33.0 Å². The van der Waals surface area contributed by atoms with E-state index >= 15 is 0 Å². The fourth-order valence-corrected chi connectivity index (χ4v) is 4.27. The molecular weight excluding hydrogens is 396 g/mol. The number of nitrogens with zero attached hydrogens (tertiary/aromatic N) is 2. The topological polar surface area (TPSA) is 122 Å². The average Bonchev–Trinajstić information content (AvgIpc) is 2.72. The molecule has 2 rings (SSSR count). The fraction of sp³-hybridized carbons (Fsp3) is 0.316. The number of nitro groups is 1. The van der Waals surface area contributed by atoms with Gasteiger partial charge in [-0.05, 0) is 29.8 Å². The van der Waals surface area contributed by atoms with Crippen LogP contribution in [-0.2, 0) is 16.6 Å². The number of anilines is 1. The highest BCUT2D eigenvalue weighted by molar-refractivity contribution is 7.89. The smallest absolute Gasteiger partial charge is 0.293 e. The number of rotatable bonds is 9. The highest BCUT2D eigenvalue weighted by atomic mass is 32.2. The number of benzene rings is 2. The summed E-state index contributed by atoms with van der Waals surface area (Å²) in [5.41, 5.74) is 0.997. The van der Waals surface area contributed by atoms with E-state index in [2.05, 4.69) is 10.6 Å². The minimum atomic E-state index is -3.54. The van der Waals surface area contributed by atoms with Crippen molar-refractivity contribution < 1.29 is 18.1 Å². The van der Waals surface area contributed by atoms with Crippen LogP contribution in [0.25, 0.3) is 0 Å². The highest BCUT2D eigenvalue weighted by Gasteiger charge is 2.21. The maximum Gasteiger partial charge on any atom is 0.293 e. The molecule has 9 nitrogen and oxygen atoms in total. The molecule has 2 aromatic carbocycles. The van der Waals surface area contributed by atoms with Crippen LogP contribution in [0.3, 0.4) is 0 Å². The summed E-state index contributed by atoms with van der Waals surface area (Å²) in [5.74, 6) is -0.462.